The Morgan fingerprint density at radius 2 is 1.68 bits per heavy atom. The van der Waals surface area contributed by atoms with Crippen molar-refractivity contribution < 1.29 is 9.53 Å². The van der Waals surface area contributed by atoms with Crippen LogP contribution in [0, 0.1) is 13.8 Å². The molecule has 0 aliphatic carbocycles. The van der Waals surface area contributed by atoms with Gasteiger partial charge in [-0.05, 0) is 31.5 Å². The van der Waals surface area contributed by atoms with E-state index in [9.17, 15) is 4.79 Å². The third-order valence-electron chi connectivity index (χ3n) is 3.80. The third-order valence-corrected chi connectivity index (χ3v) is 5.06. The molecule has 128 valence electrons. The number of carbonyl (C=O) groups is 1. The van der Waals surface area contributed by atoms with Gasteiger partial charge in [0, 0.05) is 0 Å². The Morgan fingerprint density at radius 1 is 1.04 bits per heavy atom. The first-order chi connectivity index (χ1) is 12.1. The minimum atomic E-state index is -0.222. The van der Waals surface area contributed by atoms with E-state index in [0.29, 0.717) is 6.61 Å². The molecule has 1 aromatic heterocycles. The molecule has 3 aromatic rings. The smallest absolute Gasteiger partial charge is 0.316 e. The molecule has 0 unspecified atom stereocenters. The summed E-state index contributed by atoms with van der Waals surface area (Å²) in [7, 11) is 0. The maximum Gasteiger partial charge on any atom is 0.316 e. The highest BCUT2D eigenvalue weighted by Crippen LogP contribution is 2.28. The number of rotatable bonds is 6. The summed E-state index contributed by atoms with van der Waals surface area (Å²) in [6.07, 6.45) is 0. The first kappa shape index (κ1) is 17.3. The molecule has 0 saturated carbocycles. The Balaban J connectivity index is 1.61. The van der Waals surface area contributed by atoms with E-state index in [1.807, 2.05) is 79.2 Å². The summed E-state index contributed by atoms with van der Waals surface area (Å²) in [5, 5.41) is 4.60. The van der Waals surface area contributed by atoms with Crippen LogP contribution in [0.15, 0.2) is 65.6 Å². The molecule has 0 atom stereocenters. The number of para-hydroxylation sites is 1. The summed E-state index contributed by atoms with van der Waals surface area (Å²) >= 11 is 1.47. The predicted octanol–water partition coefficient (Wildman–Crippen LogP) is 4.32. The molecule has 0 N–H and O–H groups in total. The summed E-state index contributed by atoms with van der Waals surface area (Å²) in [4.78, 5) is 13.0. The highest BCUT2D eigenvalue weighted by Gasteiger charge is 2.15. The van der Waals surface area contributed by atoms with Crippen molar-refractivity contribution in [2.75, 3.05) is 5.75 Å². The van der Waals surface area contributed by atoms with Gasteiger partial charge in [0.05, 0.1) is 27.7 Å². The van der Waals surface area contributed by atoms with Crippen molar-refractivity contribution in [2.24, 2.45) is 0 Å². The maximum atomic E-state index is 12.0. The first-order valence-corrected chi connectivity index (χ1v) is 9.07. The largest absolute Gasteiger partial charge is 0.460 e. The van der Waals surface area contributed by atoms with Crippen LogP contribution in [0.4, 0.5) is 0 Å². The van der Waals surface area contributed by atoms with Gasteiger partial charge in [0.1, 0.15) is 6.61 Å². The van der Waals surface area contributed by atoms with E-state index < -0.39 is 0 Å². The van der Waals surface area contributed by atoms with Crippen molar-refractivity contribution in [2.45, 2.75) is 25.3 Å². The van der Waals surface area contributed by atoms with Crippen LogP contribution in [0.1, 0.15) is 17.0 Å². The molecular formula is C20H20N2O2S. The summed E-state index contributed by atoms with van der Waals surface area (Å²) in [6.45, 7) is 4.29. The van der Waals surface area contributed by atoms with Crippen molar-refractivity contribution in [3.05, 3.63) is 77.6 Å². The van der Waals surface area contributed by atoms with Crippen LogP contribution < -0.4 is 0 Å². The highest BCUT2D eigenvalue weighted by molar-refractivity contribution is 8.00. The molecule has 5 heteroatoms. The average Bonchev–Trinajstić information content (AvgIpc) is 2.94. The fourth-order valence-electron chi connectivity index (χ4n) is 2.57. The zero-order valence-corrected chi connectivity index (χ0v) is 15.1. The van der Waals surface area contributed by atoms with Crippen molar-refractivity contribution in [3.63, 3.8) is 0 Å². The van der Waals surface area contributed by atoms with Crippen LogP contribution in [0.2, 0.25) is 0 Å². The number of nitrogens with zero attached hydrogens (tertiary/aromatic N) is 2. The van der Waals surface area contributed by atoms with Crippen molar-refractivity contribution in [1.29, 1.82) is 0 Å². The van der Waals surface area contributed by atoms with E-state index in [2.05, 4.69) is 5.10 Å². The number of ether oxygens (including phenoxy) is 1. The molecule has 0 fully saturated rings. The van der Waals surface area contributed by atoms with Crippen LogP contribution in [0.3, 0.4) is 0 Å². The Bertz CT molecular complexity index is 845. The molecule has 2 aromatic carbocycles. The lowest BCUT2D eigenvalue weighted by Crippen LogP contribution is -2.07. The fraction of sp³-hybridized carbons (Fsp3) is 0.200. The molecule has 0 bridgehead atoms. The van der Waals surface area contributed by atoms with E-state index in [4.69, 9.17) is 4.74 Å². The standard InChI is InChI=1S/C20H20N2O2S/c1-15-20(16(2)22(21-15)18-11-7-4-8-12-18)25-14-19(23)24-13-17-9-5-3-6-10-17/h3-12H,13-14H2,1-2H3. The van der Waals surface area contributed by atoms with E-state index >= 15 is 0 Å². The second-order valence-electron chi connectivity index (χ2n) is 5.68. The third kappa shape index (κ3) is 4.31. The van der Waals surface area contributed by atoms with Gasteiger partial charge in [0.15, 0.2) is 0 Å². The molecule has 0 saturated heterocycles. The number of benzene rings is 2. The second-order valence-corrected chi connectivity index (χ2v) is 6.67. The number of hydrogen-bond acceptors (Lipinski definition) is 4. The van der Waals surface area contributed by atoms with Crippen molar-refractivity contribution in [3.8, 4) is 5.69 Å². The highest BCUT2D eigenvalue weighted by atomic mass is 32.2. The lowest BCUT2D eigenvalue weighted by Gasteiger charge is -2.06. The van der Waals surface area contributed by atoms with Crippen molar-refractivity contribution >= 4 is 17.7 Å². The topological polar surface area (TPSA) is 44.1 Å². The molecule has 4 nitrogen and oxygen atoms in total. The maximum absolute atomic E-state index is 12.0. The number of hydrogen-bond donors (Lipinski definition) is 0. The molecule has 0 aliphatic heterocycles. The SMILES string of the molecule is Cc1nn(-c2ccccc2)c(C)c1SCC(=O)OCc1ccccc1. The van der Waals surface area contributed by atoms with Gasteiger partial charge in [0.2, 0.25) is 0 Å². The van der Waals surface area contributed by atoms with Crippen LogP contribution in [-0.4, -0.2) is 21.5 Å². The summed E-state index contributed by atoms with van der Waals surface area (Å²) in [5.74, 6) is 0.0507. The first-order valence-electron chi connectivity index (χ1n) is 8.09. The number of carbonyl (C=O) groups excluding carboxylic acids is 1. The minimum Gasteiger partial charge on any atom is -0.460 e. The monoisotopic (exact) mass is 352 g/mol. The summed E-state index contributed by atoms with van der Waals surface area (Å²) in [5.41, 5.74) is 3.96. The van der Waals surface area contributed by atoms with Gasteiger partial charge < -0.3 is 4.74 Å². The molecule has 0 aliphatic rings. The molecule has 3 rings (SSSR count). The van der Waals surface area contributed by atoms with E-state index in [1.165, 1.54) is 11.8 Å². The summed E-state index contributed by atoms with van der Waals surface area (Å²) in [6, 6.07) is 19.7. The zero-order valence-electron chi connectivity index (χ0n) is 14.3. The Morgan fingerprint density at radius 3 is 2.36 bits per heavy atom. The Kier molecular flexibility index (Phi) is 5.56. The Hall–Kier alpha value is -2.53. The molecule has 0 spiro atoms. The van der Waals surface area contributed by atoms with Crippen LogP contribution >= 0.6 is 11.8 Å². The molecule has 0 amide bonds. The van der Waals surface area contributed by atoms with E-state index in [1.54, 1.807) is 0 Å². The van der Waals surface area contributed by atoms with Crippen LogP contribution in [0.25, 0.3) is 5.69 Å². The number of thioether (sulfide) groups is 1. The second kappa shape index (κ2) is 8.03. The van der Waals surface area contributed by atoms with E-state index in [-0.39, 0.29) is 11.7 Å². The van der Waals surface area contributed by atoms with Crippen LogP contribution in [0.5, 0.6) is 0 Å². The molecule has 1 heterocycles. The quantitative estimate of drug-likeness (QED) is 0.489. The van der Waals surface area contributed by atoms with Gasteiger partial charge in [-0.3, -0.25) is 4.79 Å². The van der Waals surface area contributed by atoms with Gasteiger partial charge >= 0.3 is 5.97 Å². The van der Waals surface area contributed by atoms with Gasteiger partial charge in [-0.1, -0.05) is 48.5 Å². The van der Waals surface area contributed by atoms with Gasteiger partial charge in [-0.15, -0.1) is 11.8 Å². The van der Waals surface area contributed by atoms with Gasteiger partial charge in [-0.25, -0.2) is 4.68 Å². The Labute approximate surface area is 151 Å². The number of aryl methyl sites for hydroxylation is 1. The lowest BCUT2D eigenvalue weighted by atomic mass is 10.2. The minimum absolute atomic E-state index is 0.222. The summed E-state index contributed by atoms with van der Waals surface area (Å²) < 4.78 is 7.24. The van der Waals surface area contributed by atoms with Gasteiger partial charge in [0.25, 0.3) is 0 Å². The zero-order chi connectivity index (χ0) is 17.6. The molecule has 25 heavy (non-hydrogen) atoms. The number of esters is 1. The predicted molar refractivity (Wildman–Crippen MR) is 100 cm³/mol. The molecule has 0 radical (unpaired) electrons. The van der Waals surface area contributed by atoms with Gasteiger partial charge in [-0.2, -0.15) is 5.10 Å². The van der Waals surface area contributed by atoms with E-state index in [0.717, 1.165) is 27.5 Å². The van der Waals surface area contributed by atoms with Crippen LogP contribution in [-0.2, 0) is 16.1 Å². The van der Waals surface area contributed by atoms with Crippen molar-refractivity contribution in [1.82, 2.24) is 9.78 Å². The fourth-order valence-corrected chi connectivity index (χ4v) is 3.46. The number of aromatic nitrogens is 2. The molecular weight excluding hydrogens is 332 g/mol. The average molecular weight is 352 g/mol. The lowest BCUT2D eigenvalue weighted by molar-refractivity contribution is -0.141. The normalized spacial score (nSPS) is 10.6.